The average molecular weight is 723 g/mol. The van der Waals surface area contributed by atoms with Crippen LogP contribution in [0.25, 0.3) is 11.1 Å². The molecule has 1 aromatic heterocycles. The molecule has 2 aliphatic rings. The van der Waals surface area contributed by atoms with Gasteiger partial charge in [0.1, 0.15) is 0 Å². The van der Waals surface area contributed by atoms with Crippen molar-refractivity contribution in [2.24, 2.45) is 0 Å². The third kappa shape index (κ3) is 7.58. The Morgan fingerprint density at radius 3 is 1.24 bits per heavy atom. The molecule has 0 spiro atoms. The summed E-state index contributed by atoms with van der Waals surface area (Å²) < 4.78 is 1.17. The minimum Gasteiger partial charge on any atom is -0.265 e. The van der Waals surface area contributed by atoms with Gasteiger partial charge >= 0.3 is 108 Å². The molecule has 7 rings (SSSR count). The Balaban J connectivity index is 0.000000156. The molecule has 0 atom stereocenters. The van der Waals surface area contributed by atoms with Gasteiger partial charge in [-0.25, -0.2) is 0 Å². The van der Waals surface area contributed by atoms with E-state index >= 15 is 0 Å². The Morgan fingerprint density at radius 1 is 0.556 bits per heavy atom. The maximum absolute atomic E-state index is 6.21. The number of fused-ring (bicyclic) bond motifs is 3. The predicted molar refractivity (Wildman–Crippen MR) is 191 cm³/mol. The van der Waals surface area contributed by atoms with Gasteiger partial charge in [0.15, 0.2) is 0 Å². The Morgan fingerprint density at radius 2 is 0.933 bits per heavy atom. The Bertz CT molecular complexity index is 1650. The van der Waals surface area contributed by atoms with Crippen molar-refractivity contribution in [3.05, 3.63) is 155 Å². The molecule has 0 N–H and O–H groups in total. The topological polar surface area (TPSA) is 19.4 Å². The van der Waals surface area contributed by atoms with Crippen LogP contribution >= 0.6 is 19.4 Å². The van der Waals surface area contributed by atoms with Gasteiger partial charge < -0.3 is 9.80 Å². The molecule has 0 unspecified atom stereocenters. The van der Waals surface area contributed by atoms with Crippen LogP contribution in [0.4, 0.5) is 11.4 Å². The van der Waals surface area contributed by atoms with Crippen molar-refractivity contribution in [2.45, 2.75) is 41.5 Å². The number of hydrogen-bond acceptors (Lipinski definition) is 3. The molecule has 0 amide bonds. The number of rotatable bonds is 2. The van der Waals surface area contributed by atoms with Gasteiger partial charge in [-0.15, -0.1) is 0 Å². The van der Waals surface area contributed by atoms with Gasteiger partial charge in [-0.2, -0.15) is 6.67 Å². The van der Waals surface area contributed by atoms with Crippen LogP contribution in [0.2, 0.25) is 0 Å². The van der Waals surface area contributed by atoms with E-state index < -0.39 is 13.5 Å². The zero-order chi connectivity index (χ0) is 32.1. The maximum Gasteiger partial charge on any atom is 0.0267 e. The second-order valence-corrected chi connectivity index (χ2v) is 17.3. The number of aryl methyl sites for hydroxylation is 6. The summed E-state index contributed by atoms with van der Waals surface area (Å²) in [6.45, 7) is 17.6. The molecule has 6 heteroatoms. The first-order valence-electron chi connectivity index (χ1n) is 15.1. The summed E-state index contributed by atoms with van der Waals surface area (Å²) in [7, 11) is 12.4. The molecule has 1 aliphatic carbocycles. The second-order valence-electron chi connectivity index (χ2n) is 11.6. The molecule has 234 valence electrons. The van der Waals surface area contributed by atoms with E-state index in [0.29, 0.717) is 0 Å². The minimum absolute atomic E-state index is 1.04. The van der Waals surface area contributed by atoms with Crippen LogP contribution in [0.15, 0.2) is 103 Å². The molecule has 45 heavy (non-hydrogen) atoms. The first kappa shape index (κ1) is 33.1. The standard InChI is InChI=1S/C21H27N2.C13H8.C5H5N.2ClH.Ru/c1-14-9-16(3)20(17(4)10-14)22-7-8-23(13-22)21-18(5)11-15(2)12-19(21)6;1-3-7-12-10(5-1)9-11-6-2-4-8-13(11)12;1-2-4-6-5-3-1;;;/h9-13H,7-8H2,1-6H3;1-8H;1-5H;2*1H;/q-1;;;;;+2/p-2. The van der Waals surface area contributed by atoms with Crippen LogP contribution < -0.4 is 9.80 Å². The number of hydrogen-bond donors (Lipinski definition) is 0. The van der Waals surface area contributed by atoms with Gasteiger partial charge in [0, 0.05) is 36.9 Å². The Kier molecular flexibility index (Phi) is 10.9. The SMILES string of the molecule is Cc1cc(C)c(N2[CH-]N(c3c(C)cc(C)cc3C)CC2)c(C)c1.[Cl][Ru]([Cl])=[C]1c2ccccc2-c2ccccc21.c1ccncc1. The summed E-state index contributed by atoms with van der Waals surface area (Å²) in [4.78, 5) is 8.60. The fourth-order valence-corrected chi connectivity index (χ4v) is 9.67. The zero-order valence-corrected chi connectivity index (χ0v) is 30.0. The first-order valence-corrected chi connectivity index (χ1v) is 20.4. The molecule has 1 saturated heterocycles. The second kappa shape index (κ2) is 14.9. The number of nitrogens with zero attached hydrogens (tertiary/aromatic N) is 3. The van der Waals surface area contributed by atoms with E-state index in [2.05, 4.69) is 124 Å². The molecular weight excluding hydrogens is 682 g/mol. The maximum atomic E-state index is 6.21. The first-order chi connectivity index (χ1) is 21.7. The molecule has 1 fully saturated rings. The third-order valence-electron chi connectivity index (χ3n) is 8.01. The van der Waals surface area contributed by atoms with Crippen LogP contribution in [0.5, 0.6) is 0 Å². The van der Waals surface area contributed by atoms with Crippen molar-refractivity contribution in [3.63, 3.8) is 0 Å². The molecule has 0 bridgehead atoms. The van der Waals surface area contributed by atoms with E-state index in [4.69, 9.17) is 19.4 Å². The molecule has 5 aromatic rings. The van der Waals surface area contributed by atoms with E-state index in [9.17, 15) is 0 Å². The van der Waals surface area contributed by atoms with Gasteiger partial charge in [0.2, 0.25) is 0 Å². The van der Waals surface area contributed by atoms with E-state index in [1.807, 2.05) is 30.3 Å². The van der Waals surface area contributed by atoms with Gasteiger partial charge in [-0.3, -0.25) is 4.98 Å². The third-order valence-corrected chi connectivity index (χ3v) is 11.2. The largest absolute Gasteiger partial charge is 0.265 e. The van der Waals surface area contributed by atoms with Crippen molar-refractivity contribution < 1.29 is 13.5 Å². The monoisotopic (exact) mass is 722 g/mol. The fraction of sp³-hybridized carbons (Fsp3) is 0.205. The number of benzene rings is 4. The van der Waals surface area contributed by atoms with Gasteiger partial charge in [-0.1, -0.05) is 41.5 Å². The molecule has 3 nitrogen and oxygen atoms in total. The minimum atomic E-state index is -1.88. The van der Waals surface area contributed by atoms with Crippen LogP contribution in [-0.2, 0) is 13.5 Å². The summed E-state index contributed by atoms with van der Waals surface area (Å²) in [5.41, 5.74) is 15.8. The van der Waals surface area contributed by atoms with Crippen LogP contribution in [0, 0.1) is 48.2 Å². The van der Waals surface area contributed by atoms with E-state index in [1.165, 1.54) is 71.1 Å². The smallest absolute Gasteiger partial charge is 0.0267 e. The molecular formula is C39H40Cl2N3Ru-. The van der Waals surface area contributed by atoms with E-state index in [1.54, 1.807) is 12.4 Å². The van der Waals surface area contributed by atoms with Crippen molar-refractivity contribution in [1.29, 1.82) is 0 Å². The van der Waals surface area contributed by atoms with Gasteiger partial charge in [-0.05, 0) is 75.9 Å². The fourth-order valence-electron chi connectivity index (χ4n) is 6.50. The molecule has 4 aromatic carbocycles. The number of anilines is 2. The number of pyridine rings is 1. The molecule has 2 heterocycles. The van der Waals surface area contributed by atoms with E-state index in [-0.39, 0.29) is 0 Å². The normalized spacial score (nSPS) is 13.3. The summed E-state index contributed by atoms with van der Waals surface area (Å²) in [5, 5.41) is 0. The predicted octanol–water partition coefficient (Wildman–Crippen LogP) is 10.2. The quantitative estimate of drug-likeness (QED) is 0.131. The Hall–Kier alpha value is -3.30. The summed E-state index contributed by atoms with van der Waals surface area (Å²) in [6.07, 6.45) is 3.50. The molecule has 0 saturated carbocycles. The zero-order valence-electron chi connectivity index (χ0n) is 26.8. The number of aromatic nitrogens is 1. The van der Waals surface area contributed by atoms with Crippen molar-refractivity contribution in [3.8, 4) is 11.1 Å². The van der Waals surface area contributed by atoms with Crippen molar-refractivity contribution in [1.82, 2.24) is 4.98 Å². The van der Waals surface area contributed by atoms with Crippen LogP contribution in [0.1, 0.15) is 44.5 Å². The van der Waals surface area contributed by atoms with E-state index in [0.717, 1.165) is 13.1 Å². The summed E-state index contributed by atoms with van der Waals surface area (Å²) >= 11 is -1.88. The van der Waals surface area contributed by atoms with Gasteiger partial charge in [0.05, 0.1) is 0 Å². The van der Waals surface area contributed by atoms with Gasteiger partial charge in [0.25, 0.3) is 0 Å². The molecule has 1 aliphatic heterocycles. The van der Waals surface area contributed by atoms with Crippen molar-refractivity contribution >= 4 is 34.9 Å². The Labute approximate surface area is 282 Å². The van der Waals surface area contributed by atoms with Crippen LogP contribution in [-0.4, -0.2) is 22.2 Å². The summed E-state index contributed by atoms with van der Waals surface area (Å²) in [6, 6.07) is 31.5. The molecule has 0 radical (unpaired) electrons. The number of halogens is 2. The van der Waals surface area contributed by atoms with Crippen molar-refractivity contribution in [2.75, 3.05) is 22.9 Å². The van der Waals surface area contributed by atoms with Crippen LogP contribution in [0.3, 0.4) is 0 Å². The summed E-state index contributed by atoms with van der Waals surface area (Å²) in [5.74, 6) is 0. The average Bonchev–Trinajstić information content (AvgIpc) is 3.61.